The van der Waals surface area contributed by atoms with Crippen molar-refractivity contribution < 1.29 is 23.1 Å². The minimum absolute atomic E-state index is 0.115. The molecule has 0 amide bonds. The van der Waals surface area contributed by atoms with E-state index in [0.717, 1.165) is 0 Å². The molecule has 0 aromatic heterocycles. The molecule has 5 nitrogen and oxygen atoms in total. The molecule has 0 aliphatic heterocycles. The van der Waals surface area contributed by atoms with E-state index in [1.807, 2.05) is 0 Å². The lowest BCUT2D eigenvalue weighted by atomic mass is 10.4. The number of hydrogen-bond donors (Lipinski definition) is 2. The van der Waals surface area contributed by atoms with Gasteiger partial charge in [-0.1, -0.05) is 30.1 Å². The van der Waals surface area contributed by atoms with Gasteiger partial charge < -0.3 is 9.79 Å². The van der Waals surface area contributed by atoms with Crippen LogP contribution in [0.15, 0.2) is 10.6 Å². The fraction of sp³-hybridized carbons (Fsp3) is 0.667. The number of halogens is 2. The molecule has 0 aromatic rings. The first-order chi connectivity index (χ1) is 6.76. The van der Waals surface area contributed by atoms with Gasteiger partial charge in [0.25, 0.3) is 0 Å². The molecule has 0 aliphatic rings. The maximum absolute atomic E-state index is 11.4. The van der Waals surface area contributed by atoms with Crippen LogP contribution in [-0.2, 0) is 19.9 Å². The number of phosphoric ester groups is 1. The van der Waals surface area contributed by atoms with Crippen LogP contribution in [0.3, 0.4) is 0 Å². The maximum Gasteiger partial charge on any atom is 0.469 e. The topological polar surface area (TPSA) is 83.8 Å². The lowest BCUT2D eigenvalue weighted by Crippen LogP contribution is -2.20. The molecule has 0 saturated heterocycles. The van der Waals surface area contributed by atoms with Crippen molar-refractivity contribution in [1.82, 2.24) is 0 Å². The molecule has 0 aromatic carbocycles. The highest BCUT2D eigenvalue weighted by Crippen LogP contribution is 2.36. The Morgan fingerprint density at radius 3 is 2.47 bits per heavy atom. The standard InChI is InChI=1S/C6H11Cl2O5PS/c1-2-15(12)5(3-6(7)8)4-13-14(9,10)11/h3,5H,2,4H2,1H3,(H2,9,10,11). The zero-order chi connectivity index (χ0) is 12.1. The summed E-state index contributed by atoms with van der Waals surface area (Å²) in [6.45, 7) is 1.27. The summed E-state index contributed by atoms with van der Waals surface area (Å²) in [5.74, 6) is 0.312. The van der Waals surface area contributed by atoms with Crippen LogP contribution in [0.5, 0.6) is 0 Å². The largest absolute Gasteiger partial charge is 0.469 e. The number of phosphoric acid groups is 1. The molecule has 2 N–H and O–H groups in total. The van der Waals surface area contributed by atoms with E-state index in [9.17, 15) is 8.77 Å². The summed E-state index contributed by atoms with van der Waals surface area (Å²) < 4.78 is 25.9. The SMILES string of the molecule is CCS(=O)C(C=C(Cl)Cl)COP(=O)(O)O. The van der Waals surface area contributed by atoms with E-state index in [2.05, 4.69) is 4.52 Å². The van der Waals surface area contributed by atoms with Crippen molar-refractivity contribution in [3.8, 4) is 0 Å². The molecule has 0 radical (unpaired) electrons. The highest BCUT2D eigenvalue weighted by atomic mass is 35.5. The molecule has 0 bridgehead atoms. The second-order valence-corrected chi connectivity index (χ2v) is 6.64. The highest BCUT2D eigenvalue weighted by Gasteiger charge is 2.20. The van der Waals surface area contributed by atoms with E-state index in [1.54, 1.807) is 6.92 Å². The van der Waals surface area contributed by atoms with Gasteiger partial charge in [0.15, 0.2) is 0 Å². The molecule has 90 valence electrons. The predicted molar refractivity (Wildman–Crippen MR) is 60.3 cm³/mol. The molecule has 0 saturated carbocycles. The Bertz CT molecular complexity index is 298. The van der Waals surface area contributed by atoms with Gasteiger partial charge in [-0.2, -0.15) is 0 Å². The van der Waals surface area contributed by atoms with Crippen molar-refractivity contribution in [2.75, 3.05) is 12.4 Å². The summed E-state index contributed by atoms with van der Waals surface area (Å²) in [5, 5.41) is -0.729. The van der Waals surface area contributed by atoms with Crippen LogP contribution in [0.1, 0.15) is 6.92 Å². The molecule has 0 aliphatic carbocycles. The van der Waals surface area contributed by atoms with Gasteiger partial charge in [0.05, 0.1) is 11.9 Å². The first-order valence-corrected chi connectivity index (χ1v) is 7.53. The second-order valence-electron chi connectivity index (χ2n) is 2.45. The van der Waals surface area contributed by atoms with Gasteiger partial charge in [-0.25, -0.2) is 4.57 Å². The average molecular weight is 297 g/mol. The molecule has 0 heterocycles. The fourth-order valence-electron chi connectivity index (χ4n) is 0.725. The first kappa shape index (κ1) is 15.6. The highest BCUT2D eigenvalue weighted by molar-refractivity contribution is 7.85. The molecule has 0 spiro atoms. The predicted octanol–water partition coefficient (Wildman–Crippen LogP) is 1.55. The Kier molecular flexibility index (Phi) is 7.28. The molecule has 2 unspecified atom stereocenters. The Balaban J connectivity index is 4.46. The number of hydrogen-bond acceptors (Lipinski definition) is 3. The molecular weight excluding hydrogens is 286 g/mol. The second kappa shape index (κ2) is 7.01. The third-order valence-electron chi connectivity index (χ3n) is 1.34. The van der Waals surface area contributed by atoms with Gasteiger partial charge in [0.1, 0.15) is 4.49 Å². The van der Waals surface area contributed by atoms with Crippen LogP contribution in [0.4, 0.5) is 0 Å². The smallest absolute Gasteiger partial charge is 0.303 e. The normalized spacial score (nSPS) is 15.8. The lowest BCUT2D eigenvalue weighted by Gasteiger charge is -2.12. The maximum atomic E-state index is 11.4. The molecule has 2 atom stereocenters. The summed E-state index contributed by atoms with van der Waals surface area (Å²) in [4.78, 5) is 16.9. The zero-order valence-electron chi connectivity index (χ0n) is 7.80. The van der Waals surface area contributed by atoms with Crippen LogP contribution in [0.2, 0.25) is 0 Å². The van der Waals surface area contributed by atoms with E-state index in [-0.39, 0.29) is 4.49 Å². The molecular formula is C6H11Cl2O5PS. The van der Waals surface area contributed by atoms with Crippen molar-refractivity contribution in [2.45, 2.75) is 12.2 Å². The number of rotatable bonds is 6. The zero-order valence-corrected chi connectivity index (χ0v) is 11.0. The summed E-state index contributed by atoms with van der Waals surface area (Å²) in [6, 6.07) is 0. The molecule has 15 heavy (non-hydrogen) atoms. The lowest BCUT2D eigenvalue weighted by molar-refractivity contribution is 0.201. The Morgan fingerprint density at radius 2 is 2.13 bits per heavy atom. The molecule has 9 heteroatoms. The third-order valence-corrected chi connectivity index (χ3v) is 3.59. The van der Waals surface area contributed by atoms with E-state index in [1.165, 1.54) is 6.08 Å². The van der Waals surface area contributed by atoms with Crippen LogP contribution < -0.4 is 0 Å². The van der Waals surface area contributed by atoms with Gasteiger partial charge in [-0.15, -0.1) is 0 Å². The summed E-state index contributed by atoms with van der Waals surface area (Å²) in [5.41, 5.74) is 0. The van der Waals surface area contributed by atoms with E-state index in [0.29, 0.717) is 5.75 Å². The summed E-state index contributed by atoms with van der Waals surface area (Å²) >= 11 is 10.7. The Labute approximate surface area is 100 Å². The minimum atomic E-state index is -4.56. The Hall–Kier alpha value is 0.580. The van der Waals surface area contributed by atoms with Crippen molar-refractivity contribution in [2.24, 2.45) is 0 Å². The van der Waals surface area contributed by atoms with E-state index < -0.39 is 30.5 Å². The van der Waals surface area contributed by atoms with Gasteiger partial charge in [0.2, 0.25) is 0 Å². The molecule has 0 rings (SSSR count). The first-order valence-electron chi connectivity index (χ1n) is 3.86. The van der Waals surface area contributed by atoms with Crippen molar-refractivity contribution in [3.05, 3.63) is 10.6 Å². The van der Waals surface area contributed by atoms with Crippen LogP contribution in [-0.4, -0.2) is 31.6 Å². The molecule has 0 fully saturated rings. The van der Waals surface area contributed by atoms with Gasteiger partial charge in [0, 0.05) is 16.6 Å². The summed E-state index contributed by atoms with van der Waals surface area (Å²) in [6.07, 6.45) is 1.23. The minimum Gasteiger partial charge on any atom is -0.303 e. The van der Waals surface area contributed by atoms with Gasteiger partial charge >= 0.3 is 7.82 Å². The Morgan fingerprint density at radius 1 is 1.60 bits per heavy atom. The third kappa shape index (κ3) is 8.39. The van der Waals surface area contributed by atoms with Crippen LogP contribution in [0, 0.1) is 0 Å². The van der Waals surface area contributed by atoms with Crippen LogP contribution >= 0.6 is 31.0 Å². The average Bonchev–Trinajstić information content (AvgIpc) is 2.09. The fourth-order valence-corrected chi connectivity index (χ4v) is 2.57. The van der Waals surface area contributed by atoms with Gasteiger partial charge in [-0.05, 0) is 6.08 Å². The van der Waals surface area contributed by atoms with Crippen molar-refractivity contribution in [1.29, 1.82) is 0 Å². The van der Waals surface area contributed by atoms with Crippen molar-refractivity contribution >= 4 is 41.8 Å². The van der Waals surface area contributed by atoms with E-state index in [4.69, 9.17) is 33.0 Å². The van der Waals surface area contributed by atoms with Crippen LogP contribution in [0.25, 0.3) is 0 Å². The van der Waals surface area contributed by atoms with Gasteiger partial charge in [-0.3, -0.25) is 8.73 Å². The quantitative estimate of drug-likeness (QED) is 0.727. The monoisotopic (exact) mass is 296 g/mol. The van der Waals surface area contributed by atoms with E-state index >= 15 is 0 Å². The summed E-state index contributed by atoms with van der Waals surface area (Å²) in [7, 11) is -5.90. The van der Waals surface area contributed by atoms with Crippen molar-refractivity contribution in [3.63, 3.8) is 0 Å².